The van der Waals surface area contributed by atoms with Crippen molar-refractivity contribution < 1.29 is 14.7 Å². The number of hydrogen-bond donors (Lipinski definition) is 1. The summed E-state index contributed by atoms with van der Waals surface area (Å²) in [6, 6.07) is 9.36. The number of piperidine rings is 1. The normalized spacial score (nSPS) is 16.5. The molecule has 2 heterocycles. The molecule has 6 heteroatoms. The number of benzene rings is 1. The first-order valence-corrected chi connectivity index (χ1v) is 8.91. The van der Waals surface area contributed by atoms with Gasteiger partial charge in [0.1, 0.15) is 0 Å². The first-order valence-electron chi connectivity index (χ1n) is 8.91. The Morgan fingerprint density at radius 2 is 1.77 bits per heavy atom. The van der Waals surface area contributed by atoms with Gasteiger partial charge in [-0.15, -0.1) is 0 Å². The van der Waals surface area contributed by atoms with Crippen LogP contribution in [0.25, 0.3) is 0 Å². The number of amides is 1. The van der Waals surface area contributed by atoms with Gasteiger partial charge in [0.05, 0.1) is 17.5 Å². The van der Waals surface area contributed by atoms with E-state index >= 15 is 0 Å². The van der Waals surface area contributed by atoms with Crippen LogP contribution in [0.2, 0.25) is 0 Å². The van der Waals surface area contributed by atoms with Crippen LogP contribution in [0.5, 0.6) is 0 Å². The van der Waals surface area contributed by atoms with E-state index in [1.807, 2.05) is 51.2 Å². The number of aliphatic carboxylic acids is 1. The molecule has 0 saturated carbocycles. The van der Waals surface area contributed by atoms with Crippen LogP contribution < -0.4 is 0 Å². The number of carboxylic acids is 1. The second-order valence-electron chi connectivity index (χ2n) is 7.08. The van der Waals surface area contributed by atoms with Crippen LogP contribution in [0.3, 0.4) is 0 Å². The largest absolute Gasteiger partial charge is 0.481 e. The van der Waals surface area contributed by atoms with E-state index in [4.69, 9.17) is 0 Å². The second kappa shape index (κ2) is 6.94. The molecule has 1 aromatic heterocycles. The second-order valence-corrected chi connectivity index (χ2v) is 7.08. The predicted molar refractivity (Wildman–Crippen MR) is 98.0 cm³/mol. The molecule has 1 fully saturated rings. The average molecular weight is 355 g/mol. The standard InChI is InChI=1S/C20H25N3O3/c1-14-17(15(2)22(3)21-14)13-18(24)23-11-9-20(10-12-23,19(25)26)16-7-5-4-6-8-16/h4-8H,9-13H2,1-3H3,(H,25,26). The SMILES string of the molecule is Cc1nn(C)c(C)c1CC(=O)N1CCC(C(=O)O)(c2ccccc2)CC1. The summed E-state index contributed by atoms with van der Waals surface area (Å²) in [6.45, 7) is 4.79. The molecule has 1 saturated heterocycles. The van der Waals surface area contributed by atoms with Crippen LogP contribution >= 0.6 is 0 Å². The molecule has 0 bridgehead atoms. The van der Waals surface area contributed by atoms with Crippen molar-refractivity contribution in [3.63, 3.8) is 0 Å². The number of rotatable bonds is 4. The van der Waals surface area contributed by atoms with E-state index in [-0.39, 0.29) is 5.91 Å². The molecule has 1 amide bonds. The summed E-state index contributed by atoms with van der Waals surface area (Å²) >= 11 is 0. The van der Waals surface area contributed by atoms with Gasteiger partial charge < -0.3 is 10.0 Å². The molecule has 2 aromatic rings. The van der Waals surface area contributed by atoms with E-state index < -0.39 is 11.4 Å². The van der Waals surface area contributed by atoms with Crippen molar-refractivity contribution in [2.24, 2.45) is 7.05 Å². The average Bonchev–Trinajstić information content (AvgIpc) is 2.88. The van der Waals surface area contributed by atoms with Crippen LogP contribution in [0, 0.1) is 13.8 Å². The van der Waals surface area contributed by atoms with Crippen molar-refractivity contribution >= 4 is 11.9 Å². The van der Waals surface area contributed by atoms with Crippen LogP contribution in [-0.2, 0) is 28.5 Å². The van der Waals surface area contributed by atoms with Crippen LogP contribution in [-0.4, -0.2) is 44.8 Å². The minimum atomic E-state index is -0.905. The van der Waals surface area contributed by atoms with E-state index in [0.717, 1.165) is 22.5 Å². The Balaban J connectivity index is 1.73. The first-order chi connectivity index (χ1) is 12.3. The number of nitrogens with zero attached hydrogens (tertiary/aromatic N) is 3. The third kappa shape index (κ3) is 3.11. The molecule has 1 aliphatic rings. The third-order valence-electron chi connectivity index (χ3n) is 5.69. The summed E-state index contributed by atoms with van der Waals surface area (Å²) in [5, 5.41) is 14.2. The number of carbonyl (C=O) groups is 2. The van der Waals surface area contributed by atoms with Crippen LogP contribution in [0.15, 0.2) is 30.3 Å². The van der Waals surface area contributed by atoms with Gasteiger partial charge in [-0.1, -0.05) is 30.3 Å². The molecule has 26 heavy (non-hydrogen) atoms. The van der Waals surface area contributed by atoms with Gasteiger partial charge >= 0.3 is 5.97 Å². The summed E-state index contributed by atoms with van der Waals surface area (Å²) in [7, 11) is 1.87. The monoisotopic (exact) mass is 355 g/mol. The Bertz CT molecular complexity index is 818. The molecule has 6 nitrogen and oxygen atoms in total. The lowest BCUT2D eigenvalue weighted by Gasteiger charge is -2.39. The Hall–Kier alpha value is -2.63. The number of carbonyl (C=O) groups excluding carboxylic acids is 1. The lowest BCUT2D eigenvalue weighted by molar-refractivity contribution is -0.148. The molecule has 0 aliphatic carbocycles. The van der Waals surface area contributed by atoms with E-state index in [1.54, 1.807) is 9.58 Å². The van der Waals surface area contributed by atoms with Gasteiger partial charge in [0.2, 0.25) is 5.91 Å². The summed E-state index contributed by atoms with van der Waals surface area (Å²) in [5.41, 5.74) is 2.75. The molecule has 1 aromatic carbocycles. The molecule has 0 atom stereocenters. The maximum Gasteiger partial charge on any atom is 0.314 e. The topological polar surface area (TPSA) is 75.4 Å². The van der Waals surface area contributed by atoms with Gasteiger partial charge in [-0.2, -0.15) is 5.10 Å². The highest BCUT2D eigenvalue weighted by Crippen LogP contribution is 2.36. The highest BCUT2D eigenvalue weighted by Gasteiger charge is 2.43. The molecular weight excluding hydrogens is 330 g/mol. The van der Waals surface area contributed by atoms with E-state index in [9.17, 15) is 14.7 Å². The van der Waals surface area contributed by atoms with Gasteiger partial charge in [-0.05, 0) is 32.3 Å². The highest BCUT2D eigenvalue weighted by atomic mass is 16.4. The van der Waals surface area contributed by atoms with Crippen molar-refractivity contribution in [1.82, 2.24) is 14.7 Å². The molecule has 1 aliphatic heterocycles. The Morgan fingerprint density at radius 1 is 1.15 bits per heavy atom. The first kappa shape index (κ1) is 18.2. The van der Waals surface area contributed by atoms with Gasteiger partial charge in [0, 0.05) is 31.4 Å². The summed E-state index contributed by atoms with van der Waals surface area (Å²) < 4.78 is 1.79. The number of carboxylic acid groups (broad SMARTS) is 1. The van der Waals surface area contributed by atoms with Crippen molar-refractivity contribution in [2.75, 3.05) is 13.1 Å². The quantitative estimate of drug-likeness (QED) is 0.912. The van der Waals surface area contributed by atoms with Gasteiger partial charge in [0.15, 0.2) is 0 Å². The Labute approximate surface area is 153 Å². The lowest BCUT2D eigenvalue weighted by Crippen LogP contribution is -2.49. The van der Waals surface area contributed by atoms with Crippen molar-refractivity contribution in [1.29, 1.82) is 0 Å². The molecule has 0 spiro atoms. The van der Waals surface area contributed by atoms with Crippen LogP contribution in [0.4, 0.5) is 0 Å². The smallest absolute Gasteiger partial charge is 0.314 e. The maximum absolute atomic E-state index is 12.7. The van der Waals surface area contributed by atoms with Gasteiger partial charge in [-0.3, -0.25) is 14.3 Å². The fourth-order valence-electron chi connectivity index (χ4n) is 3.86. The lowest BCUT2D eigenvalue weighted by atomic mass is 9.73. The van der Waals surface area contributed by atoms with Crippen molar-refractivity contribution in [2.45, 2.75) is 38.5 Å². The maximum atomic E-state index is 12.7. The molecule has 138 valence electrons. The minimum Gasteiger partial charge on any atom is -0.481 e. The van der Waals surface area contributed by atoms with Crippen LogP contribution in [0.1, 0.15) is 35.4 Å². The summed E-state index contributed by atoms with van der Waals surface area (Å²) in [5.74, 6) is -0.772. The molecule has 3 rings (SSSR count). The molecular formula is C20H25N3O3. The zero-order valence-electron chi connectivity index (χ0n) is 15.5. The molecule has 1 N–H and O–H groups in total. The number of likely N-dealkylation sites (tertiary alicyclic amines) is 1. The number of aryl methyl sites for hydroxylation is 2. The minimum absolute atomic E-state index is 0.0382. The highest BCUT2D eigenvalue weighted by molar-refractivity contribution is 5.83. The third-order valence-corrected chi connectivity index (χ3v) is 5.69. The summed E-state index contributed by atoms with van der Waals surface area (Å²) in [4.78, 5) is 26.5. The Morgan fingerprint density at radius 3 is 2.27 bits per heavy atom. The van der Waals surface area contributed by atoms with Gasteiger partial charge in [-0.25, -0.2) is 0 Å². The fraction of sp³-hybridized carbons (Fsp3) is 0.450. The Kier molecular flexibility index (Phi) is 4.85. The zero-order chi connectivity index (χ0) is 18.9. The fourth-order valence-corrected chi connectivity index (χ4v) is 3.86. The van der Waals surface area contributed by atoms with Gasteiger partial charge in [0.25, 0.3) is 0 Å². The van der Waals surface area contributed by atoms with Crippen molar-refractivity contribution in [3.05, 3.63) is 52.8 Å². The predicted octanol–water partition coefficient (Wildman–Crippen LogP) is 2.22. The number of aromatic nitrogens is 2. The van der Waals surface area contributed by atoms with E-state index in [1.165, 1.54) is 0 Å². The van der Waals surface area contributed by atoms with E-state index in [2.05, 4.69) is 5.10 Å². The van der Waals surface area contributed by atoms with E-state index in [0.29, 0.717) is 32.4 Å². The molecule has 0 radical (unpaired) electrons. The summed E-state index contributed by atoms with van der Waals surface area (Å²) in [6.07, 6.45) is 1.18. The van der Waals surface area contributed by atoms with Crippen molar-refractivity contribution in [3.8, 4) is 0 Å². The molecule has 0 unspecified atom stereocenters. The zero-order valence-corrected chi connectivity index (χ0v) is 15.5. The number of hydrogen-bond acceptors (Lipinski definition) is 3.